The molecule has 1 aliphatic heterocycles. The number of rotatable bonds is 3. The van der Waals surface area contributed by atoms with Crippen LogP contribution in [0.4, 0.5) is 5.69 Å². The summed E-state index contributed by atoms with van der Waals surface area (Å²) >= 11 is 0. The summed E-state index contributed by atoms with van der Waals surface area (Å²) in [5.74, 6) is 0. The minimum Gasteiger partial charge on any atom is -0.387 e. The third-order valence-corrected chi connectivity index (χ3v) is 2.88. The lowest BCUT2D eigenvalue weighted by Gasteiger charge is -2.28. The number of anilines is 1. The second-order valence-corrected chi connectivity index (χ2v) is 3.96. The third kappa shape index (κ3) is 2.51. The average Bonchev–Trinajstić information content (AvgIpc) is 2.39. The Kier molecular flexibility index (Phi) is 3.74. The third-order valence-electron chi connectivity index (χ3n) is 2.88. The quantitative estimate of drug-likeness (QED) is 0.838. The van der Waals surface area contributed by atoms with Gasteiger partial charge < -0.3 is 14.7 Å². The molecule has 2 heterocycles. The smallest absolute Gasteiger partial charge is 0.0957 e. The molecule has 2 rings (SSSR count). The Hall–Kier alpha value is -1.13. The first-order valence-corrected chi connectivity index (χ1v) is 5.78. The summed E-state index contributed by atoms with van der Waals surface area (Å²) in [5.41, 5.74) is 1.86. The lowest BCUT2D eigenvalue weighted by atomic mass is 10.2. The van der Waals surface area contributed by atoms with Gasteiger partial charge in [-0.25, -0.2) is 0 Å². The maximum atomic E-state index is 9.63. The van der Waals surface area contributed by atoms with Gasteiger partial charge in [-0.2, -0.15) is 0 Å². The number of ether oxygens (including phenoxy) is 1. The van der Waals surface area contributed by atoms with Crippen molar-refractivity contribution in [3.05, 3.63) is 24.0 Å². The van der Waals surface area contributed by atoms with E-state index in [2.05, 4.69) is 9.88 Å². The zero-order valence-corrected chi connectivity index (χ0v) is 9.59. The summed E-state index contributed by atoms with van der Waals surface area (Å²) in [6, 6.07) is 3.92. The first-order chi connectivity index (χ1) is 7.81. The lowest BCUT2D eigenvalue weighted by molar-refractivity contribution is 0.122. The van der Waals surface area contributed by atoms with E-state index in [1.54, 1.807) is 0 Å². The van der Waals surface area contributed by atoms with Crippen LogP contribution in [-0.4, -0.2) is 36.4 Å². The first-order valence-electron chi connectivity index (χ1n) is 5.78. The molecule has 0 saturated carbocycles. The highest BCUT2D eigenvalue weighted by molar-refractivity contribution is 5.45. The Balaban J connectivity index is 2.06. The fraction of sp³-hybridized carbons (Fsp3) is 0.583. The molecule has 0 amide bonds. The average molecular weight is 222 g/mol. The van der Waals surface area contributed by atoms with Crippen LogP contribution in [0.15, 0.2) is 18.3 Å². The fourth-order valence-corrected chi connectivity index (χ4v) is 1.81. The van der Waals surface area contributed by atoms with Crippen LogP contribution in [0.5, 0.6) is 0 Å². The van der Waals surface area contributed by atoms with Crippen LogP contribution in [0.2, 0.25) is 0 Å². The standard InChI is InChI=1S/C12H18N2O2/c1-2-12(15)11-4-3-10(9-13-11)14-5-7-16-8-6-14/h3-4,9,12,15H,2,5-8H2,1H3/t12-/m0/s1. The van der Waals surface area contributed by atoms with Gasteiger partial charge in [0.15, 0.2) is 0 Å². The van der Waals surface area contributed by atoms with E-state index in [1.165, 1.54) is 0 Å². The number of aliphatic hydroxyl groups excluding tert-OH is 1. The zero-order chi connectivity index (χ0) is 11.4. The molecule has 4 heteroatoms. The van der Waals surface area contributed by atoms with E-state index >= 15 is 0 Å². The monoisotopic (exact) mass is 222 g/mol. The molecule has 4 nitrogen and oxygen atoms in total. The van der Waals surface area contributed by atoms with Gasteiger partial charge in [0, 0.05) is 13.1 Å². The molecule has 0 bridgehead atoms. The van der Waals surface area contributed by atoms with E-state index in [0.717, 1.165) is 37.7 Å². The van der Waals surface area contributed by atoms with Crippen LogP contribution in [0.25, 0.3) is 0 Å². The number of hydrogen-bond donors (Lipinski definition) is 1. The number of nitrogens with zero attached hydrogens (tertiary/aromatic N) is 2. The molecule has 1 aliphatic rings. The van der Waals surface area contributed by atoms with Crippen molar-refractivity contribution in [2.24, 2.45) is 0 Å². The molecule has 1 atom stereocenters. The van der Waals surface area contributed by atoms with Crippen molar-refractivity contribution < 1.29 is 9.84 Å². The summed E-state index contributed by atoms with van der Waals surface area (Å²) in [6.07, 6.45) is 2.09. The second-order valence-electron chi connectivity index (χ2n) is 3.96. The predicted molar refractivity (Wildman–Crippen MR) is 62.5 cm³/mol. The molecule has 0 aromatic carbocycles. The number of pyridine rings is 1. The highest BCUT2D eigenvalue weighted by Gasteiger charge is 2.12. The maximum Gasteiger partial charge on any atom is 0.0957 e. The zero-order valence-electron chi connectivity index (χ0n) is 9.59. The van der Waals surface area contributed by atoms with Crippen molar-refractivity contribution in [3.63, 3.8) is 0 Å². The number of hydrogen-bond acceptors (Lipinski definition) is 4. The minimum absolute atomic E-state index is 0.446. The van der Waals surface area contributed by atoms with Gasteiger partial charge in [0.1, 0.15) is 0 Å². The Morgan fingerprint density at radius 1 is 1.44 bits per heavy atom. The minimum atomic E-state index is -0.446. The summed E-state index contributed by atoms with van der Waals surface area (Å²) in [5, 5.41) is 9.63. The molecular formula is C12H18N2O2. The largest absolute Gasteiger partial charge is 0.387 e. The van der Waals surface area contributed by atoms with Crippen LogP contribution in [0, 0.1) is 0 Å². The molecule has 1 aromatic rings. The lowest BCUT2D eigenvalue weighted by Crippen LogP contribution is -2.36. The van der Waals surface area contributed by atoms with E-state index in [9.17, 15) is 5.11 Å². The number of morpholine rings is 1. The van der Waals surface area contributed by atoms with E-state index in [-0.39, 0.29) is 0 Å². The Bertz CT molecular complexity index is 320. The van der Waals surface area contributed by atoms with Gasteiger partial charge >= 0.3 is 0 Å². The number of aliphatic hydroxyl groups is 1. The first kappa shape index (κ1) is 11.4. The molecule has 1 N–H and O–H groups in total. The van der Waals surface area contributed by atoms with E-state index in [1.807, 2.05) is 25.3 Å². The van der Waals surface area contributed by atoms with Gasteiger partial charge in [-0.1, -0.05) is 6.92 Å². The van der Waals surface area contributed by atoms with Crippen molar-refractivity contribution in [1.82, 2.24) is 4.98 Å². The van der Waals surface area contributed by atoms with Crippen molar-refractivity contribution >= 4 is 5.69 Å². The van der Waals surface area contributed by atoms with Gasteiger partial charge in [-0.15, -0.1) is 0 Å². The van der Waals surface area contributed by atoms with Gasteiger partial charge in [0.05, 0.1) is 36.9 Å². The molecule has 1 saturated heterocycles. The summed E-state index contributed by atoms with van der Waals surface area (Å²) in [4.78, 5) is 6.54. The highest BCUT2D eigenvalue weighted by Crippen LogP contribution is 2.18. The molecule has 0 aliphatic carbocycles. The highest BCUT2D eigenvalue weighted by atomic mass is 16.5. The van der Waals surface area contributed by atoms with Crippen LogP contribution in [0.1, 0.15) is 25.1 Å². The molecule has 0 spiro atoms. The van der Waals surface area contributed by atoms with Crippen LogP contribution in [-0.2, 0) is 4.74 Å². The summed E-state index contributed by atoms with van der Waals surface area (Å²) in [6.45, 7) is 5.33. The molecule has 1 fully saturated rings. The molecular weight excluding hydrogens is 204 g/mol. The van der Waals surface area contributed by atoms with Crippen LogP contribution < -0.4 is 4.90 Å². The fourth-order valence-electron chi connectivity index (χ4n) is 1.81. The normalized spacial score (nSPS) is 18.5. The van der Waals surface area contributed by atoms with Gasteiger partial charge in [0.25, 0.3) is 0 Å². The molecule has 0 radical (unpaired) electrons. The Morgan fingerprint density at radius 3 is 2.75 bits per heavy atom. The van der Waals surface area contributed by atoms with E-state index < -0.39 is 6.10 Å². The van der Waals surface area contributed by atoms with Crippen molar-refractivity contribution in [2.45, 2.75) is 19.4 Å². The van der Waals surface area contributed by atoms with Crippen molar-refractivity contribution in [1.29, 1.82) is 0 Å². The topological polar surface area (TPSA) is 45.6 Å². The molecule has 16 heavy (non-hydrogen) atoms. The van der Waals surface area contributed by atoms with E-state index in [0.29, 0.717) is 6.42 Å². The SMILES string of the molecule is CC[C@H](O)c1ccc(N2CCOCC2)cn1. The van der Waals surface area contributed by atoms with Crippen LogP contribution in [0.3, 0.4) is 0 Å². The van der Waals surface area contributed by atoms with Crippen LogP contribution >= 0.6 is 0 Å². The van der Waals surface area contributed by atoms with E-state index in [4.69, 9.17) is 4.74 Å². The molecule has 1 aromatic heterocycles. The molecule has 88 valence electrons. The Labute approximate surface area is 95.9 Å². The predicted octanol–water partition coefficient (Wildman–Crippen LogP) is 1.36. The number of aromatic nitrogens is 1. The maximum absolute atomic E-state index is 9.63. The van der Waals surface area contributed by atoms with Crippen molar-refractivity contribution in [2.75, 3.05) is 31.2 Å². The summed E-state index contributed by atoms with van der Waals surface area (Å²) < 4.78 is 5.30. The van der Waals surface area contributed by atoms with Gasteiger partial charge in [-0.3, -0.25) is 4.98 Å². The van der Waals surface area contributed by atoms with Gasteiger partial charge in [-0.05, 0) is 18.6 Å². The van der Waals surface area contributed by atoms with Gasteiger partial charge in [0.2, 0.25) is 0 Å². The summed E-state index contributed by atoms with van der Waals surface area (Å²) in [7, 11) is 0. The Morgan fingerprint density at radius 2 is 2.19 bits per heavy atom. The van der Waals surface area contributed by atoms with Crippen molar-refractivity contribution in [3.8, 4) is 0 Å². The molecule has 0 unspecified atom stereocenters. The second kappa shape index (κ2) is 5.27.